The van der Waals surface area contributed by atoms with Crippen molar-refractivity contribution in [2.75, 3.05) is 19.6 Å². The summed E-state index contributed by atoms with van der Waals surface area (Å²) in [7, 11) is 0. The molecule has 15 heavy (non-hydrogen) atoms. The zero-order valence-corrected chi connectivity index (χ0v) is 10.9. The molecule has 1 fully saturated rings. The van der Waals surface area contributed by atoms with Crippen molar-refractivity contribution in [1.29, 1.82) is 0 Å². The fourth-order valence-electron chi connectivity index (χ4n) is 2.47. The molecular formula is C13H28N2. The number of nitrogens with one attached hydrogen (secondary N) is 2. The molecule has 2 heteroatoms. The zero-order valence-electron chi connectivity index (χ0n) is 10.9. The van der Waals surface area contributed by atoms with Crippen LogP contribution in [0.15, 0.2) is 0 Å². The van der Waals surface area contributed by atoms with Gasteiger partial charge in [-0.15, -0.1) is 0 Å². The molecule has 0 aliphatic carbocycles. The predicted octanol–water partition coefficient (Wildman–Crippen LogP) is 2.54. The van der Waals surface area contributed by atoms with Crippen LogP contribution in [0.3, 0.4) is 0 Å². The van der Waals surface area contributed by atoms with Crippen molar-refractivity contribution in [3.05, 3.63) is 0 Å². The minimum Gasteiger partial charge on any atom is -0.316 e. The fraction of sp³-hybridized carbons (Fsp3) is 1.00. The molecule has 1 aliphatic heterocycles. The van der Waals surface area contributed by atoms with Crippen LogP contribution in [0.2, 0.25) is 0 Å². The molecule has 1 aliphatic rings. The van der Waals surface area contributed by atoms with Gasteiger partial charge in [-0.1, -0.05) is 13.3 Å². The predicted molar refractivity (Wildman–Crippen MR) is 67.2 cm³/mol. The van der Waals surface area contributed by atoms with Gasteiger partial charge in [0.1, 0.15) is 0 Å². The van der Waals surface area contributed by atoms with E-state index in [4.69, 9.17) is 0 Å². The van der Waals surface area contributed by atoms with Gasteiger partial charge in [-0.3, -0.25) is 0 Å². The molecule has 2 N–H and O–H groups in total. The Kier molecular flexibility index (Phi) is 4.60. The molecule has 0 bridgehead atoms. The first-order valence-electron chi connectivity index (χ1n) is 6.43. The first kappa shape index (κ1) is 13.0. The normalized spacial score (nSPS) is 28.0. The quantitative estimate of drug-likeness (QED) is 0.748. The lowest BCUT2D eigenvalue weighted by atomic mass is 9.76. The fourth-order valence-corrected chi connectivity index (χ4v) is 2.47. The molecule has 1 saturated heterocycles. The third-order valence-corrected chi connectivity index (χ3v) is 3.33. The van der Waals surface area contributed by atoms with E-state index in [-0.39, 0.29) is 5.54 Å². The minimum absolute atomic E-state index is 0.248. The van der Waals surface area contributed by atoms with Crippen LogP contribution < -0.4 is 10.6 Å². The second-order valence-corrected chi connectivity index (χ2v) is 6.13. The number of hydrogen-bond acceptors (Lipinski definition) is 2. The SMILES string of the molecule is CCCC1(CNC(C)(C)C)CCCNC1. The lowest BCUT2D eigenvalue weighted by Gasteiger charge is -2.40. The Morgan fingerprint density at radius 2 is 2.07 bits per heavy atom. The molecule has 90 valence electrons. The van der Waals surface area contributed by atoms with E-state index in [1.54, 1.807) is 0 Å². The lowest BCUT2D eigenvalue weighted by molar-refractivity contribution is 0.167. The van der Waals surface area contributed by atoms with Crippen molar-refractivity contribution in [2.45, 2.75) is 58.9 Å². The van der Waals surface area contributed by atoms with Crippen molar-refractivity contribution < 1.29 is 0 Å². The first-order valence-corrected chi connectivity index (χ1v) is 6.43. The Balaban J connectivity index is 2.48. The summed E-state index contributed by atoms with van der Waals surface area (Å²) in [6.07, 6.45) is 5.37. The Hall–Kier alpha value is -0.0800. The van der Waals surface area contributed by atoms with Crippen LogP contribution in [-0.2, 0) is 0 Å². The van der Waals surface area contributed by atoms with Crippen LogP contribution in [0.4, 0.5) is 0 Å². The van der Waals surface area contributed by atoms with Crippen LogP contribution in [-0.4, -0.2) is 25.2 Å². The van der Waals surface area contributed by atoms with E-state index in [2.05, 4.69) is 38.3 Å². The molecule has 0 spiro atoms. The van der Waals surface area contributed by atoms with Gasteiger partial charge in [0.2, 0.25) is 0 Å². The van der Waals surface area contributed by atoms with E-state index in [9.17, 15) is 0 Å². The second kappa shape index (κ2) is 5.31. The summed E-state index contributed by atoms with van der Waals surface area (Å²) >= 11 is 0. The number of hydrogen-bond donors (Lipinski definition) is 2. The van der Waals surface area contributed by atoms with Crippen molar-refractivity contribution in [1.82, 2.24) is 10.6 Å². The van der Waals surface area contributed by atoms with Gasteiger partial charge < -0.3 is 10.6 Å². The third-order valence-electron chi connectivity index (χ3n) is 3.33. The van der Waals surface area contributed by atoms with E-state index in [0.717, 1.165) is 6.54 Å². The third kappa shape index (κ3) is 4.52. The highest BCUT2D eigenvalue weighted by Crippen LogP contribution is 2.31. The molecule has 1 heterocycles. The number of piperidine rings is 1. The Labute approximate surface area is 95.2 Å². The molecular weight excluding hydrogens is 184 g/mol. The van der Waals surface area contributed by atoms with Gasteiger partial charge in [-0.25, -0.2) is 0 Å². The van der Waals surface area contributed by atoms with Crippen LogP contribution in [0.5, 0.6) is 0 Å². The molecule has 0 radical (unpaired) electrons. The largest absolute Gasteiger partial charge is 0.316 e. The Morgan fingerprint density at radius 1 is 1.33 bits per heavy atom. The molecule has 0 saturated carbocycles. The molecule has 0 aromatic carbocycles. The van der Waals surface area contributed by atoms with Crippen molar-refractivity contribution in [3.8, 4) is 0 Å². The number of rotatable bonds is 4. The molecule has 1 rings (SSSR count). The average Bonchev–Trinajstić information content (AvgIpc) is 2.16. The summed E-state index contributed by atoms with van der Waals surface area (Å²) in [4.78, 5) is 0. The van der Waals surface area contributed by atoms with Gasteiger partial charge in [0.15, 0.2) is 0 Å². The lowest BCUT2D eigenvalue weighted by Crippen LogP contribution is -2.50. The van der Waals surface area contributed by atoms with E-state index in [1.807, 2.05) is 0 Å². The maximum atomic E-state index is 3.68. The van der Waals surface area contributed by atoms with Crippen LogP contribution >= 0.6 is 0 Å². The summed E-state index contributed by atoms with van der Waals surface area (Å²) in [5, 5.41) is 7.23. The molecule has 0 aromatic heterocycles. The van der Waals surface area contributed by atoms with Gasteiger partial charge in [-0.2, -0.15) is 0 Å². The Morgan fingerprint density at radius 3 is 2.53 bits per heavy atom. The van der Waals surface area contributed by atoms with Crippen LogP contribution in [0.25, 0.3) is 0 Å². The topological polar surface area (TPSA) is 24.1 Å². The van der Waals surface area contributed by atoms with Crippen LogP contribution in [0, 0.1) is 5.41 Å². The summed E-state index contributed by atoms with van der Waals surface area (Å²) in [5.74, 6) is 0. The van der Waals surface area contributed by atoms with Crippen molar-refractivity contribution >= 4 is 0 Å². The summed E-state index contributed by atoms with van der Waals surface area (Å²) in [6, 6.07) is 0. The highest BCUT2D eigenvalue weighted by molar-refractivity contribution is 4.89. The maximum absolute atomic E-state index is 3.68. The van der Waals surface area contributed by atoms with Gasteiger partial charge in [0.25, 0.3) is 0 Å². The van der Waals surface area contributed by atoms with Gasteiger partial charge >= 0.3 is 0 Å². The molecule has 2 nitrogen and oxygen atoms in total. The molecule has 0 aromatic rings. The van der Waals surface area contributed by atoms with Gasteiger partial charge in [0, 0.05) is 18.6 Å². The minimum atomic E-state index is 0.248. The smallest absolute Gasteiger partial charge is 0.00967 e. The zero-order chi connectivity index (χ0) is 11.4. The van der Waals surface area contributed by atoms with Gasteiger partial charge in [-0.05, 0) is 52.0 Å². The first-order chi connectivity index (χ1) is 6.97. The van der Waals surface area contributed by atoms with Crippen LogP contribution in [0.1, 0.15) is 53.4 Å². The summed E-state index contributed by atoms with van der Waals surface area (Å²) in [6.45, 7) is 12.6. The Bertz CT molecular complexity index is 170. The second-order valence-electron chi connectivity index (χ2n) is 6.13. The van der Waals surface area contributed by atoms with Crippen molar-refractivity contribution in [2.24, 2.45) is 5.41 Å². The monoisotopic (exact) mass is 212 g/mol. The molecule has 1 unspecified atom stereocenters. The molecule has 0 amide bonds. The average molecular weight is 212 g/mol. The summed E-state index contributed by atoms with van der Waals surface area (Å²) in [5.41, 5.74) is 0.762. The van der Waals surface area contributed by atoms with Gasteiger partial charge in [0.05, 0.1) is 0 Å². The highest BCUT2D eigenvalue weighted by Gasteiger charge is 2.31. The standard InChI is InChI=1S/C13H28N2/c1-5-7-13(8-6-9-14-10-13)11-15-12(2,3)4/h14-15H,5-11H2,1-4H3. The molecule has 1 atom stereocenters. The van der Waals surface area contributed by atoms with Crippen molar-refractivity contribution in [3.63, 3.8) is 0 Å². The van der Waals surface area contributed by atoms with E-state index >= 15 is 0 Å². The van der Waals surface area contributed by atoms with E-state index < -0.39 is 0 Å². The van der Waals surface area contributed by atoms with E-state index in [0.29, 0.717) is 5.41 Å². The maximum Gasteiger partial charge on any atom is 0.00967 e. The summed E-state index contributed by atoms with van der Waals surface area (Å²) < 4.78 is 0. The van der Waals surface area contributed by atoms with E-state index in [1.165, 1.54) is 38.8 Å². The highest BCUT2D eigenvalue weighted by atomic mass is 15.0.